The van der Waals surface area contributed by atoms with Crippen molar-refractivity contribution in [1.29, 1.82) is 0 Å². The van der Waals surface area contributed by atoms with E-state index >= 15 is 0 Å². The van der Waals surface area contributed by atoms with Gasteiger partial charge in [-0.25, -0.2) is 0 Å². The van der Waals surface area contributed by atoms with Crippen LogP contribution in [0.3, 0.4) is 0 Å². The van der Waals surface area contributed by atoms with E-state index in [4.69, 9.17) is 19.7 Å². The minimum Gasteiger partial charge on any atom is -0.394 e. The summed E-state index contributed by atoms with van der Waals surface area (Å²) in [4.78, 5) is 0. The Morgan fingerprint density at radius 3 is 2.20 bits per heavy atom. The van der Waals surface area contributed by atoms with Crippen molar-refractivity contribution in [3.63, 3.8) is 0 Å². The summed E-state index contributed by atoms with van der Waals surface area (Å²) in [5.41, 5.74) is 0. The first-order chi connectivity index (χ1) is 7.11. The minimum atomic E-state index is -1.44. The van der Waals surface area contributed by atoms with E-state index in [0.717, 1.165) is 0 Å². The maximum absolute atomic E-state index is 9.42. The van der Waals surface area contributed by atoms with Crippen molar-refractivity contribution in [2.75, 3.05) is 19.8 Å². The first-order valence-electron chi connectivity index (χ1n) is 4.64. The molecular formula is C8H16O7. The van der Waals surface area contributed by atoms with Crippen LogP contribution in [0.15, 0.2) is 0 Å². The highest BCUT2D eigenvalue weighted by atomic mass is 16.7. The lowest BCUT2D eigenvalue weighted by molar-refractivity contribution is -0.302. The Labute approximate surface area is 86.5 Å². The zero-order chi connectivity index (χ0) is 11.4. The molecule has 0 spiro atoms. The van der Waals surface area contributed by atoms with Gasteiger partial charge in [0.1, 0.15) is 24.4 Å². The number of ether oxygens (including phenoxy) is 2. The van der Waals surface area contributed by atoms with Crippen LogP contribution in [-0.4, -0.2) is 76.1 Å². The number of aliphatic hydroxyl groups is 5. The second-order valence-corrected chi connectivity index (χ2v) is 3.29. The molecule has 1 fully saturated rings. The molecule has 15 heavy (non-hydrogen) atoms. The van der Waals surface area contributed by atoms with Gasteiger partial charge in [0.15, 0.2) is 6.29 Å². The number of rotatable bonds is 4. The molecule has 0 amide bonds. The monoisotopic (exact) mass is 224 g/mol. The standard InChI is InChI=1S/C8H16O7/c9-1-2-14-8-7(13)6(12)5(11)4(3-10)15-8/h4-13H,1-3H2/t4-,5+,6+,7-,8?/m0/s1. The van der Waals surface area contributed by atoms with Crippen molar-refractivity contribution in [3.05, 3.63) is 0 Å². The van der Waals surface area contributed by atoms with Crippen molar-refractivity contribution in [2.24, 2.45) is 0 Å². The Balaban J connectivity index is 2.57. The summed E-state index contributed by atoms with van der Waals surface area (Å²) in [6.07, 6.45) is -6.38. The average Bonchev–Trinajstić information content (AvgIpc) is 2.25. The molecule has 0 aromatic rings. The third-order valence-corrected chi connectivity index (χ3v) is 2.22. The molecule has 1 saturated heterocycles. The number of aliphatic hydroxyl groups excluding tert-OH is 5. The lowest BCUT2D eigenvalue weighted by Gasteiger charge is -2.39. The molecule has 7 heteroatoms. The summed E-state index contributed by atoms with van der Waals surface area (Å²) in [6, 6.07) is 0. The van der Waals surface area contributed by atoms with Crippen LogP contribution in [0.2, 0.25) is 0 Å². The van der Waals surface area contributed by atoms with E-state index in [9.17, 15) is 15.3 Å². The molecule has 0 bridgehead atoms. The van der Waals surface area contributed by atoms with E-state index in [2.05, 4.69) is 0 Å². The van der Waals surface area contributed by atoms with Gasteiger partial charge in [-0.3, -0.25) is 0 Å². The van der Waals surface area contributed by atoms with Crippen molar-refractivity contribution >= 4 is 0 Å². The molecule has 1 rings (SSSR count). The third kappa shape index (κ3) is 2.85. The van der Waals surface area contributed by atoms with E-state index < -0.39 is 37.3 Å². The van der Waals surface area contributed by atoms with Crippen LogP contribution in [0, 0.1) is 0 Å². The highest BCUT2D eigenvalue weighted by Crippen LogP contribution is 2.21. The number of hydrogen-bond acceptors (Lipinski definition) is 7. The van der Waals surface area contributed by atoms with E-state index in [1.165, 1.54) is 0 Å². The van der Waals surface area contributed by atoms with Crippen LogP contribution in [0.5, 0.6) is 0 Å². The molecule has 0 saturated carbocycles. The van der Waals surface area contributed by atoms with Gasteiger partial charge in [0.2, 0.25) is 0 Å². The largest absolute Gasteiger partial charge is 0.394 e. The molecule has 1 heterocycles. The minimum absolute atomic E-state index is 0.0668. The molecule has 0 aromatic carbocycles. The van der Waals surface area contributed by atoms with Gasteiger partial charge in [-0.05, 0) is 0 Å². The molecule has 90 valence electrons. The summed E-state index contributed by atoms with van der Waals surface area (Å²) in [5, 5.41) is 45.5. The maximum atomic E-state index is 9.42. The fourth-order valence-corrected chi connectivity index (χ4v) is 1.37. The smallest absolute Gasteiger partial charge is 0.186 e. The molecule has 0 aromatic heterocycles. The summed E-state index contributed by atoms with van der Waals surface area (Å²) in [7, 11) is 0. The zero-order valence-corrected chi connectivity index (χ0v) is 8.06. The molecule has 1 unspecified atom stereocenters. The van der Waals surface area contributed by atoms with E-state index in [1.54, 1.807) is 0 Å². The van der Waals surface area contributed by atoms with Gasteiger partial charge in [-0.15, -0.1) is 0 Å². The second-order valence-electron chi connectivity index (χ2n) is 3.29. The zero-order valence-electron chi connectivity index (χ0n) is 8.06. The normalized spacial score (nSPS) is 41.8. The summed E-state index contributed by atoms with van der Waals surface area (Å²) < 4.78 is 9.88. The van der Waals surface area contributed by atoms with Gasteiger partial charge < -0.3 is 35.0 Å². The first kappa shape index (κ1) is 12.8. The Morgan fingerprint density at radius 1 is 1.00 bits per heavy atom. The molecule has 1 aliphatic rings. The van der Waals surface area contributed by atoms with Crippen LogP contribution >= 0.6 is 0 Å². The molecule has 0 radical (unpaired) electrons. The van der Waals surface area contributed by atoms with Crippen LogP contribution in [0.4, 0.5) is 0 Å². The average molecular weight is 224 g/mol. The van der Waals surface area contributed by atoms with E-state index in [1.807, 2.05) is 0 Å². The fourth-order valence-electron chi connectivity index (χ4n) is 1.37. The molecule has 7 nitrogen and oxygen atoms in total. The number of hydrogen-bond donors (Lipinski definition) is 5. The van der Waals surface area contributed by atoms with Crippen molar-refractivity contribution in [2.45, 2.75) is 30.7 Å². The highest BCUT2D eigenvalue weighted by molar-refractivity contribution is 4.88. The van der Waals surface area contributed by atoms with Gasteiger partial charge in [0.25, 0.3) is 0 Å². The van der Waals surface area contributed by atoms with E-state index in [-0.39, 0.29) is 13.2 Å². The quantitative estimate of drug-likeness (QED) is 0.341. The second kappa shape index (κ2) is 5.71. The van der Waals surface area contributed by atoms with Gasteiger partial charge in [-0.1, -0.05) is 0 Å². The highest BCUT2D eigenvalue weighted by Gasteiger charge is 2.43. The lowest BCUT2D eigenvalue weighted by atomic mass is 9.99. The predicted octanol–water partition coefficient (Wildman–Crippen LogP) is -3.20. The van der Waals surface area contributed by atoms with E-state index in [0.29, 0.717) is 0 Å². The summed E-state index contributed by atoms with van der Waals surface area (Å²) >= 11 is 0. The predicted molar refractivity (Wildman–Crippen MR) is 46.8 cm³/mol. The van der Waals surface area contributed by atoms with Gasteiger partial charge in [-0.2, -0.15) is 0 Å². The Hall–Kier alpha value is -0.280. The Bertz CT molecular complexity index is 186. The topological polar surface area (TPSA) is 120 Å². The van der Waals surface area contributed by atoms with Crippen LogP contribution in [-0.2, 0) is 9.47 Å². The summed E-state index contributed by atoms with van der Waals surface area (Å²) in [6.45, 7) is -0.818. The van der Waals surface area contributed by atoms with Crippen molar-refractivity contribution < 1.29 is 35.0 Å². The fraction of sp³-hybridized carbons (Fsp3) is 1.00. The van der Waals surface area contributed by atoms with Gasteiger partial charge >= 0.3 is 0 Å². The molecular weight excluding hydrogens is 208 g/mol. The van der Waals surface area contributed by atoms with Gasteiger partial charge in [0, 0.05) is 0 Å². The summed E-state index contributed by atoms with van der Waals surface area (Å²) in [5.74, 6) is 0. The SMILES string of the molecule is OCCOC1O[C@@H](CO)[C@@H](O)[C@@H](O)[C@@H]1O. The van der Waals surface area contributed by atoms with Crippen LogP contribution in [0.1, 0.15) is 0 Å². The lowest BCUT2D eigenvalue weighted by Crippen LogP contribution is -2.59. The van der Waals surface area contributed by atoms with Crippen molar-refractivity contribution in [3.8, 4) is 0 Å². The Morgan fingerprint density at radius 2 is 1.67 bits per heavy atom. The molecule has 5 atom stereocenters. The van der Waals surface area contributed by atoms with Crippen LogP contribution < -0.4 is 0 Å². The Kier molecular flexibility index (Phi) is 4.87. The first-order valence-corrected chi connectivity index (χ1v) is 4.64. The van der Waals surface area contributed by atoms with Gasteiger partial charge in [0.05, 0.1) is 19.8 Å². The molecule has 1 aliphatic heterocycles. The third-order valence-electron chi connectivity index (χ3n) is 2.22. The van der Waals surface area contributed by atoms with Crippen LogP contribution in [0.25, 0.3) is 0 Å². The molecule has 5 N–H and O–H groups in total. The maximum Gasteiger partial charge on any atom is 0.186 e. The van der Waals surface area contributed by atoms with Crippen molar-refractivity contribution in [1.82, 2.24) is 0 Å². The molecule has 0 aliphatic carbocycles.